The molecule has 2 aliphatic rings. The van der Waals surface area contributed by atoms with E-state index in [1.54, 1.807) is 6.20 Å². The summed E-state index contributed by atoms with van der Waals surface area (Å²) in [5, 5.41) is 6.25. The van der Waals surface area contributed by atoms with Gasteiger partial charge in [-0.15, -0.1) is 0 Å². The molecule has 0 spiro atoms. The number of allylic oxidation sites excluding steroid dienone is 2. The van der Waals surface area contributed by atoms with Crippen molar-refractivity contribution in [2.75, 3.05) is 17.2 Å². The first-order valence-electron chi connectivity index (χ1n) is 8.11. The third-order valence-electron chi connectivity index (χ3n) is 5.04. The highest BCUT2D eigenvalue weighted by atomic mass is 16.2. The monoisotopic (exact) mass is 309 g/mol. The smallest absolute Gasteiger partial charge is 0.253 e. The first-order chi connectivity index (χ1) is 11.2. The summed E-state index contributed by atoms with van der Waals surface area (Å²) in [4.78, 5) is 27.8. The SMILES string of the molecule is O=c1c(NCc2ccccn2)c(NC[C@@H]2C[C@@H]3C=C[C@H]2C3)c1=O. The number of fused-ring (bicyclic) bond motifs is 2. The molecular weight excluding hydrogens is 290 g/mol. The van der Waals surface area contributed by atoms with Crippen LogP contribution in [0.1, 0.15) is 18.5 Å². The summed E-state index contributed by atoms with van der Waals surface area (Å²) in [6, 6.07) is 5.62. The van der Waals surface area contributed by atoms with Crippen molar-refractivity contribution in [1.82, 2.24) is 4.98 Å². The number of nitrogens with zero attached hydrogens (tertiary/aromatic N) is 1. The molecule has 0 saturated heterocycles. The fourth-order valence-corrected chi connectivity index (χ4v) is 3.77. The second-order valence-corrected chi connectivity index (χ2v) is 6.50. The summed E-state index contributed by atoms with van der Waals surface area (Å²) in [6.45, 7) is 1.20. The molecular formula is C18H19N3O2. The van der Waals surface area contributed by atoms with Crippen LogP contribution in [0, 0.1) is 17.8 Å². The number of pyridine rings is 1. The van der Waals surface area contributed by atoms with Gasteiger partial charge in [0.05, 0.1) is 12.2 Å². The van der Waals surface area contributed by atoms with Crippen LogP contribution in [0.25, 0.3) is 0 Å². The van der Waals surface area contributed by atoms with Crippen LogP contribution in [0.15, 0.2) is 46.1 Å². The highest BCUT2D eigenvalue weighted by Crippen LogP contribution is 2.43. The van der Waals surface area contributed by atoms with Crippen LogP contribution in [-0.4, -0.2) is 11.5 Å². The largest absolute Gasteiger partial charge is 0.380 e. The Kier molecular flexibility index (Phi) is 3.48. The van der Waals surface area contributed by atoms with E-state index in [9.17, 15) is 9.59 Å². The molecule has 0 radical (unpaired) electrons. The van der Waals surface area contributed by atoms with Gasteiger partial charge < -0.3 is 10.6 Å². The Balaban J connectivity index is 1.39. The molecule has 4 rings (SSSR count). The van der Waals surface area contributed by atoms with E-state index in [2.05, 4.69) is 27.8 Å². The number of rotatable bonds is 6. The summed E-state index contributed by atoms with van der Waals surface area (Å²) in [6.07, 6.45) is 8.73. The molecule has 5 heteroatoms. The zero-order valence-corrected chi connectivity index (χ0v) is 12.8. The van der Waals surface area contributed by atoms with E-state index < -0.39 is 10.9 Å². The molecule has 5 nitrogen and oxygen atoms in total. The molecule has 3 atom stereocenters. The predicted molar refractivity (Wildman–Crippen MR) is 90.3 cm³/mol. The van der Waals surface area contributed by atoms with E-state index in [4.69, 9.17) is 0 Å². The van der Waals surface area contributed by atoms with Crippen molar-refractivity contribution >= 4 is 11.4 Å². The maximum absolute atomic E-state index is 11.8. The van der Waals surface area contributed by atoms with Gasteiger partial charge in [-0.05, 0) is 42.7 Å². The normalized spacial score (nSPS) is 25.1. The molecule has 1 aromatic heterocycles. The van der Waals surface area contributed by atoms with Gasteiger partial charge in [0.15, 0.2) is 0 Å². The molecule has 2 aliphatic carbocycles. The van der Waals surface area contributed by atoms with Gasteiger partial charge in [-0.25, -0.2) is 0 Å². The van der Waals surface area contributed by atoms with E-state index in [1.807, 2.05) is 18.2 Å². The summed E-state index contributed by atoms with van der Waals surface area (Å²) >= 11 is 0. The molecule has 1 saturated carbocycles. The maximum Gasteiger partial charge on any atom is 0.253 e. The minimum Gasteiger partial charge on any atom is -0.380 e. The Bertz CT molecular complexity index is 805. The van der Waals surface area contributed by atoms with Gasteiger partial charge in [-0.2, -0.15) is 0 Å². The molecule has 1 aromatic carbocycles. The molecule has 2 bridgehead atoms. The summed E-state index contributed by atoms with van der Waals surface area (Å²) in [7, 11) is 0. The molecule has 2 aromatic rings. The van der Waals surface area contributed by atoms with Crippen LogP contribution < -0.4 is 21.5 Å². The van der Waals surface area contributed by atoms with Crippen LogP contribution in [0.5, 0.6) is 0 Å². The van der Waals surface area contributed by atoms with Crippen molar-refractivity contribution < 1.29 is 0 Å². The van der Waals surface area contributed by atoms with Crippen molar-refractivity contribution in [1.29, 1.82) is 0 Å². The third kappa shape index (κ3) is 2.56. The third-order valence-corrected chi connectivity index (χ3v) is 5.04. The summed E-state index contributed by atoms with van der Waals surface area (Å²) in [5.74, 6) is 1.91. The number of nitrogens with one attached hydrogen (secondary N) is 2. The van der Waals surface area contributed by atoms with Gasteiger partial charge in [0.1, 0.15) is 11.4 Å². The van der Waals surface area contributed by atoms with Crippen molar-refractivity contribution in [3.63, 3.8) is 0 Å². The maximum atomic E-state index is 11.8. The van der Waals surface area contributed by atoms with Crippen LogP contribution in [-0.2, 0) is 6.54 Å². The van der Waals surface area contributed by atoms with Crippen LogP contribution in [0.3, 0.4) is 0 Å². The lowest BCUT2D eigenvalue weighted by Crippen LogP contribution is -2.38. The molecule has 1 fully saturated rings. The van der Waals surface area contributed by atoms with Gasteiger partial charge >= 0.3 is 0 Å². The number of hydrogen-bond donors (Lipinski definition) is 2. The summed E-state index contributed by atoms with van der Waals surface area (Å²) < 4.78 is 0. The second kappa shape index (κ2) is 5.65. The molecule has 23 heavy (non-hydrogen) atoms. The van der Waals surface area contributed by atoms with Crippen molar-refractivity contribution in [2.24, 2.45) is 17.8 Å². The van der Waals surface area contributed by atoms with E-state index in [1.165, 1.54) is 12.8 Å². The van der Waals surface area contributed by atoms with Gasteiger partial charge in [-0.1, -0.05) is 18.2 Å². The zero-order chi connectivity index (χ0) is 15.8. The van der Waals surface area contributed by atoms with Crippen molar-refractivity contribution in [3.8, 4) is 0 Å². The second-order valence-electron chi connectivity index (χ2n) is 6.50. The topological polar surface area (TPSA) is 71.1 Å². The van der Waals surface area contributed by atoms with E-state index in [0.717, 1.165) is 12.2 Å². The van der Waals surface area contributed by atoms with Crippen LogP contribution in [0.4, 0.5) is 11.4 Å². The highest BCUT2D eigenvalue weighted by molar-refractivity contribution is 5.73. The van der Waals surface area contributed by atoms with Gasteiger partial charge in [0.25, 0.3) is 10.9 Å². The quantitative estimate of drug-likeness (QED) is 0.630. The van der Waals surface area contributed by atoms with Crippen molar-refractivity contribution in [2.45, 2.75) is 19.4 Å². The van der Waals surface area contributed by atoms with Crippen LogP contribution >= 0.6 is 0 Å². The lowest BCUT2D eigenvalue weighted by molar-refractivity contribution is 0.472. The van der Waals surface area contributed by atoms with Gasteiger partial charge in [0.2, 0.25) is 0 Å². The standard InChI is InChI=1S/C18H19N3O2/c22-17-15(20-9-13-8-11-4-5-12(13)7-11)16(18(17)23)21-10-14-3-1-2-6-19-14/h1-6,11-13,20-21H,7-10H2/t11-,12+,13+/m1/s1. The first-order valence-corrected chi connectivity index (χ1v) is 8.11. The van der Waals surface area contributed by atoms with Crippen LogP contribution in [0.2, 0.25) is 0 Å². The zero-order valence-electron chi connectivity index (χ0n) is 12.8. The van der Waals surface area contributed by atoms with E-state index >= 15 is 0 Å². The Labute approximate surface area is 134 Å². The van der Waals surface area contributed by atoms with Gasteiger partial charge in [0, 0.05) is 12.7 Å². The van der Waals surface area contributed by atoms with Crippen molar-refractivity contribution in [3.05, 3.63) is 62.7 Å². The molecule has 0 aliphatic heterocycles. The lowest BCUT2D eigenvalue weighted by Gasteiger charge is -2.21. The fraction of sp³-hybridized carbons (Fsp3) is 0.389. The molecule has 2 N–H and O–H groups in total. The lowest BCUT2D eigenvalue weighted by atomic mass is 9.93. The Morgan fingerprint density at radius 2 is 1.87 bits per heavy atom. The van der Waals surface area contributed by atoms with Gasteiger partial charge in [-0.3, -0.25) is 14.6 Å². The number of aromatic nitrogens is 1. The Morgan fingerprint density at radius 3 is 2.52 bits per heavy atom. The van der Waals surface area contributed by atoms with E-state index in [0.29, 0.717) is 35.7 Å². The molecule has 0 unspecified atom stereocenters. The molecule has 118 valence electrons. The Hall–Kier alpha value is -2.43. The first kappa shape index (κ1) is 14.2. The number of hydrogen-bond acceptors (Lipinski definition) is 5. The molecule has 0 amide bonds. The Morgan fingerprint density at radius 1 is 1.04 bits per heavy atom. The highest BCUT2D eigenvalue weighted by Gasteiger charge is 2.35. The molecule has 1 heterocycles. The van der Waals surface area contributed by atoms with E-state index in [-0.39, 0.29) is 0 Å². The fourth-order valence-electron chi connectivity index (χ4n) is 3.77. The average molecular weight is 309 g/mol. The minimum absolute atomic E-state index is 0.402. The minimum atomic E-state index is -0.434. The predicted octanol–water partition coefficient (Wildman–Crippen LogP) is 1.91. The summed E-state index contributed by atoms with van der Waals surface area (Å²) in [5.41, 5.74) is 0.838. The number of anilines is 2. The average Bonchev–Trinajstić information content (AvgIpc) is 3.20.